The second-order valence-corrected chi connectivity index (χ2v) is 20.4. The summed E-state index contributed by atoms with van der Waals surface area (Å²) in [5.74, 6) is 0. The molecule has 0 N–H and O–H groups in total. The van der Waals surface area contributed by atoms with Crippen LogP contribution in [0.1, 0.15) is 47.2 Å². The van der Waals surface area contributed by atoms with Gasteiger partial charge in [-0.3, -0.25) is 0 Å². The van der Waals surface area contributed by atoms with Crippen molar-refractivity contribution in [2.45, 2.75) is 24.7 Å². The first-order valence-electron chi connectivity index (χ1n) is 25.3. The molecule has 2 nitrogen and oxygen atoms in total. The highest BCUT2D eigenvalue weighted by Crippen LogP contribution is 2.61. The van der Waals surface area contributed by atoms with Crippen molar-refractivity contribution < 1.29 is 0 Å². The third-order valence-corrected chi connectivity index (χ3v) is 16.4. The minimum absolute atomic E-state index is 0.0769. The lowest BCUT2D eigenvalue weighted by atomic mass is 9.65. The summed E-state index contributed by atoms with van der Waals surface area (Å²) in [5.41, 5.74) is 26.9. The van der Waals surface area contributed by atoms with Gasteiger partial charge in [0.15, 0.2) is 0 Å². The van der Waals surface area contributed by atoms with Crippen LogP contribution in [-0.2, 0) is 10.8 Å². The number of rotatable bonds is 6. The molecule has 0 bridgehead atoms. The van der Waals surface area contributed by atoms with E-state index in [0.717, 1.165) is 28.2 Å². The smallest absolute Gasteiger partial charge is 0.0754 e. The molecule has 2 aliphatic carbocycles. The van der Waals surface area contributed by atoms with E-state index >= 15 is 0 Å². The molecule has 1 aromatic heterocycles. The molecule has 0 radical (unpaired) electrons. The summed E-state index contributed by atoms with van der Waals surface area (Å²) in [4.78, 5) is 2.49. The first-order chi connectivity index (χ1) is 35.5. The zero-order valence-electron chi connectivity index (χ0n) is 40.1. The van der Waals surface area contributed by atoms with Gasteiger partial charge in [-0.25, -0.2) is 0 Å². The van der Waals surface area contributed by atoms with E-state index in [0.29, 0.717) is 0 Å². The van der Waals surface area contributed by atoms with Gasteiger partial charge in [0, 0.05) is 33.1 Å². The van der Waals surface area contributed by atoms with Gasteiger partial charge < -0.3 is 9.47 Å². The average molecular weight is 917 g/mol. The van der Waals surface area contributed by atoms with Crippen LogP contribution < -0.4 is 4.90 Å². The van der Waals surface area contributed by atoms with Crippen LogP contribution in [0.15, 0.2) is 255 Å². The maximum atomic E-state index is 2.57. The van der Waals surface area contributed by atoms with E-state index in [1.807, 2.05) is 0 Å². The Balaban J connectivity index is 0.954. The summed E-state index contributed by atoms with van der Waals surface area (Å²) >= 11 is 0. The summed E-state index contributed by atoms with van der Waals surface area (Å²) in [5, 5.41) is 2.54. The standard InChI is InChI=1S/C70H48N2/c1-69(2)59-25-11-6-20-53(59)56-41-37-49(43-64(56)69)47-35-38-50(39-36-47)71(65-29-14-9-19-52(65)48-33-31-46(32-34-48)45-17-4-3-5-18-45)51-40-42-62-67(44-51)72-66-30-15-10-23-57(66)58-24-16-28-63(68(58)72)70(62)60-26-12-7-21-54(60)55-22-8-13-27-61(55)70/h3-44H,1-2H3. The highest BCUT2D eigenvalue weighted by atomic mass is 15.1. The molecule has 1 aliphatic heterocycles. The summed E-state index contributed by atoms with van der Waals surface area (Å²) in [6.45, 7) is 4.72. The van der Waals surface area contributed by atoms with E-state index in [9.17, 15) is 0 Å². The molecule has 2 heterocycles. The average Bonchev–Trinajstić information content (AvgIpc) is 4.03. The molecule has 0 saturated heterocycles. The van der Waals surface area contributed by atoms with Crippen LogP contribution in [0.3, 0.4) is 0 Å². The van der Waals surface area contributed by atoms with Gasteiger partial charge in [0.1, 0.15) is 0 Å². The Labute approximate surface area is 420 Å². The first kappa shape index (κ1) is 40.9. The summed E-state index contributed by atoms with van der Waals surface area (Å²) < 4.78 is 2.57. The van der Waals surface area contributed by atoms with Crippen molar-refractivity contribution in [1.29, 1.82) is 0 Å². The van der Waals surface area contributed by atoms with Crippen molar-refractivity contribution in [1.82, 2.24) is 4.57 Å². The molecule has 72 heavy (non-hydrogen) atoms. The van der Waals surface area contributed by atoms with Crippen LogP contribution in [0.25, 0.3) is 83.1 Å². The predicted octanol–water partition coefficient (Wildman–Crippen LogP) is 18.2. The van der Waals surface area contributed by atoms with E-state index in [1.54, 1.807) is 0 Å². The molecular formula is C70H48N2. The lowest BCUT2D eigenvalue weighted by molar-refractivity contribution is 0.660. The monoisotopic (exact) mass is 916 g/mol. The topological polar surface area (TPSA) is 8.17 Å². The minimum Gasteiger partial charge on any atom is -0.310 e. The Morgan fingerprint density at radius 2 is 0.833 bits per heavy atom. The Morgan fingerprint density at radius 3 is 1.58 bits per heavy atom. The number of aromatic nitrogens is 1. The maximum absolute atomic E-state index is 2.57. The van der Waals surface area contributed by atoms with Crippen molar-refractivity contribution in [2.24, 2.45) is 0 Å². The molecule has 0 amide bonds. The van der Waals surface area contributed by atoms with Crippen molar-refractivity contribution in [3.8, 4) is 61.3 Å². The van der Waals surface area contributed by atoms with Gasteiger partial charge in [0.25, 0.3) is 0 Å². The molecule has 12 aromatic rings. The van der Waals surface area contributed by atoms with Crippen LogP contribution in [0.5, 0.6) is 0 Å². The van der Waals surface area contributed by atoms with Crippen LogP contribution in [0, 0.1) is 0 Å². The molecule has 338 valence electrons. The third kappa shape index (κ3) is 5.61. The number of benzene rings is 11. The largest absolute Gasteiger partial charge is 0.310 e. The first-order valence-corrected chi connectivity index (χ1v) is 25.3. The number of anilines is 3. The quantitative estimate of drug-likeness (QED) is 0.161. The number of hydrogen-bond donors (Lipinski definition) is 0. The van der Waals surface area contributed by atoms with E-state index in [-0.39, 0.29) is 5.41 Å². The zero-order chi connectivity index (χ0) is 47.7. The van der Waals surface area contributed by atoms with Crippen molar-refractivity contribution in [3.63, 3.8) is 0 Å². The van der Waals surface area contributed by atoms with Gasteiger partial charge in [0.2, 0.25) is 0 Å². The van der Waals surface area contributed by atoms with Gasteiger partial charge in [-0.2, -0.15) is 0 Å². The van der Waals surface area contributed by atoms with E-state index in [4.69, 9.17) is 0 Å². The molecule has 2 heteroatoms. The number of hydrogen-bond acceptors (Lipinski definition) is 1. The van der Waals surface area contributed by atoms with E-state index in [1.165, 1.54) is 105 Å². The lowest BCUT2D eigenvalue weighted by Crippen LogP contribution is -2.33. The Morgan fingerprint density at radius 1 is 0.319 bits per heavy atom. The fourth-order valence-corrected chi connectivity index (χ4v) is 13.2. The van der Waals surface area contributed by atoms with E-state index < -0.39 is 5.41 Å². The molecule has 0 saturated carbocycles. The predicted molar refractivity (Wildman–Crippen MR) is 300 cm³/mol. The molecule has 15 rings (SSSR count). The molecule has 11 aromatic carbocycles. The van der Waals surface area contributed by atoms with Crippen molar-refractivity contribution in [3.05, 3.63) is 288 Å². The molecule has 1 spiro atoms. The van der Waals surface area contributed by atoms with Gasteiger partial charge in [-0.15, -0.1) is 0 Å². The molecule has 0 fully saturated rings. The molecular weight excluding hydrogens is 869 g/mol. The van der Waals surface area contributed by atoms with Crippen LogP contribution in [0.2, 0.25) is 0 Å². The zero-order valence-corrected chi connectivity index (χ0v) is 40.1. The van der Waals surface area contributed by atoms with Gasteiger partial charge in [0.05, 0.1) is 27.8 Å². The van der Waals surface area contributed by atoms with Crippen LogP contribution >= 0.6 is 0 Å². The molecule has 0 unspecified atom stereocenters. The van der Waals surface area contributed by atoms with E-state index in [2.05, 4.69) is 278 Å². The van der Waals surface area contributed by atoms with Crippen molar-refractivity contribution in [2.75, 3.05) is 4.90 Å². The third-order valence-electron chi connectivity index (χ3n) is 16.4. The number of nitrogens with zero attached hydrogens (tertiary/aromatic N) is 2. The molecule has 0 atom stereocenters. The Kier molecular flexibility index (Phi) is 8.66. The van der Waals surface area contributed by atoms with Crippen LogP contribution in [0.4, 0.5) is 17.1 Å². The Bertz CT molecular complexity index is 4130. The van der Waals surface area contributed by atoms with Gasteiger partial charge in [-0.05, 0) is 126 Å². The summed E-state index contributed by atoms with van der Waals surface area (Å²) in [6.07, 6.45) is 0. The highest BCUT2D eigenvalue weighted by Gasteiger charge is 2.51. The molecule has 3 aliphatic rings. The summed E-state index contributed by atoms with van der Waals surface area (Å²) in [7, 11) is 0. The second-order valence-electron chi connectivity index (χ2n) is 20.4. The maximum Gasteiger partial charge on any atom is 0.0754 e. The summed E-state index contributed by atoms with van der Waals surface area (Å²) in [6, 6.07) is 95.3. The fraction of sp³-hybridized carbons (Fsp3) is 0.0571. The van der Waals surface area contributed by atoms with Gasteiger partial charge in [-0.1, -0.05) is 226 Å². The highest BCUT2D eigenvalue weighted by molar-refractivity contribution is 6.13. The Hall–Kier alpha value is -8.98. The van der Waals surface area contributed by atoms with Crippen molar-refractivity contribution >= 4 is 38.9 Å². The van der Waals surface area contributed by atoms with Gasteiger partial charge >= 0.3 is 0 Å². The normalized spacial score (nSPS) is 13.9. The minimum atomic E-state index is -0.526. The SMILES string of the molecule is CC1(C)c2ccccc2-c2ccc(-c3ccc(N(c4ccc5c(c4)-n4c6ccccc6c6cccc(c64)C54c5ccccc5-c5ccccc54)c4ccccc4-c4ccc(-c5ccccc5)cc4)cc3)cc21. The number of para-hydroxylation sites is 3. The van der Waals surface area contributed by atoms with Crippen LogP contribution in [-0.4, -0.2) is 4.57 Å². The second kappa shape index (κ2) is 15.3. The fourth-order valence-electron chi connectivity index (χ4n) is 13.2. The number of fused-ring (bicyclic) bond motifs is 15. The lowest BCUT2D eigenvalue weighted by Gasteiger charge is -2.40.